The summed E-state index contributed by atoms with van der Waals surface area (Å²) in [6.07, 6.45) is 35.7. The van der Waals surface area contributed by atoms with Gasteiger partial charge in [0.25, 0.3) is 0 Å². The third-order valence-electron chi connectivity index (χ3n) is 10.3. The number of ether oxygens (including phenoxy) is 1. The predicted octanol–water partition coefficient (Wildman–Crippen LogP) is 10.9. The first kappa shape index (κ1) is 28.5. The fourth-order valence-electron chi connectivity index (χ4n) is 7.83. The first-order valence-corrected chi connectivity index (χ1v) is 16.4. The molecule has 1 heteroatoms. The lowest BCUT2D eigenvalue weighted by Gasteiger charge is -2.38. The van der Waals surface area contributed by atoms with Gasteiger partial charge in [-0.2, -0.15) is 0 Å². The largest absolute Gasteiger partial charge is 0.378 e. The molecule has 3 fully saturated rings. The quantitative estimate of drug-likeness (QED) is 0.202. The van der Waals surface area contributed by atoms with E-state index < -0.39 is 0 Å². The third kappa shape index (κ3) is 10.9. The number of hydrogen-bond acceptors (Lipinski definition) is 1. The number of unbranched alkanes of at least 4 members (excludes halogenated alkanes) is 6. The average Bonchev–Trinajstić information content (AvgIpc) is 2.88. The Hall–Kier alpha value is -0.0400. The van der Waals surface area contributed by atoms with E-state index >= 15 is 0 Å². The van der Waals surface area contributed by atoms with Crippen molar-refractivity contribution in [1.82, 2.24) is 0 Å². The lowest BCUT2D eigenvalue weighted by Crippen LogP contribution is -2.28. The fourth-order valence-corrected chi connectivity index (χ4v) is 7.83. The lowest BCUT2D eigenvalue weighted by molar-refractivity contribution is 0.00367. The summed E-state index contributed by atoms with van der Waals surface area (Å²) in [7, 11) is 0. The molecule has 0 aromatic carbocycles. The van der Waals surface area contributed by atoms with Gasteiger partial charge in [-0.15, -0.1) is 0 Å². The molecule has 0 saturated heterocycles. The molecule has 0 heterocycles. The Morgan fingerprint density at radius 3 is 1.41 bits per heavy atom. The molecule has 0 aliphatic heterocycles. The van der Waals surface area contributed by atoms with E-state index in [9.17, 15) is 0 Å². The van der Waals surface area contributed by atoms with Crippen LogP contribution in [0.5, 0.6) is 0 Å². The summed E-state index contributed by atoms with van der Waals surface area (Å²) in [5.41, 5.74) is 0. The molecule has 3 aliphatic carbocycles. The van der Waals surface area contributed by atoms with Crippen LogP contribution in [-0.2, 0) is 4.74 Å². The zero-order chi connectivity index (χ0) is 23.8. The van der Waals surface area contributed by atoms with Gasteiger partial charge in [0.05, 0.1) is 6.10 Å². The van der Waals surface area contributed by atoms with Crippen LogP contribution in [-0.4, -0.2) is 12.7 Å². The lowest BCUT2D eigenvalue weighted by atomic mass is 9.70. The summed E-state index contributed by atoms with van der Waals surface area (Å²) < 4.78 is 6.39. The predicted molar refractivity (Wildman–Crippen MR) is 149 cm³/mol. The molecule has 0 aromatic heterocycles. The molecule has 3 rings (SSSR count). The van der Waals surface area contributed by atoms with Gasteiger partial charge in [0, 0.05) is 6.61 Å². The first-order chi connectivity index (χ1) is 16.8. The highest BCUT2D eigenvalue weighted by atomic mass is 16.5. The van der Waals surface area contributed by atoms with E-state index in [-0.39, 0.29) is 0 Å². The van der Waals surface area contributed by atoms with Crippen molar-refractivity contribution in [2.24, 2.45) is 29.6 Å². The Morgan fingerprint density at radius 1 is 0.441 bits per heavy atom. The van der Waals surface area contributed by atoms with E-state index in [2.05, 4.69) is 13.8 Å². The smallest absolute Gasteiger partial charge is 0.0575 e. The van der Waals surface area contributed by atoms with Gasteiger partial charge in [-0.25, -0.2) is 0 Å². The standard InChI is InChI=1S/C33H62O/c1-3-5-7-8-10-13-28-15-17-30(18-16-28)14-11-27-34-33-25-23-32(24-26-33)31-21-19-29(20-22-31)12-9-6-4-2/h28-33H,3-27H2,1-2H3/t28?,29-,30?,31-,32?,33?. The summed E-state index contributed by atoms with van der Waals surface area (Å²) in [5, 5.41) is 0. The van der Waals surface area contributed by atoms with E-state index in [0.717, 1.165) is 36.2 Å². The van der Waals surface area contributed by atoms with Crippen LogP contribution in [0.2, 0.25) is 0 Å². The minimum absolute atomic E-state index is 0.588. The van der Waals surface area contributed by atoms with Crippen molar-refractivity contribution in [3.63, 3.8) is 0 Å². The second-order valence-corrected chi connectivity index (χ2v) is 12.9. The Labute approximate surface area is 215 Å². The molecule has 0 spiro atoms. The van der Waals surface area contributed by atoms with Crippen molar-refractivity contribution in [2.75, 3.05) is 6.61 Å². The second-order valence-electron chi connectivity index (χ2n) is 12.9. The maximum absolute atomic E-state index is 6.39. The monoisotopic (exact) mass is 474 g/mol. The van der Waals surface area contributed by atoms with Gasteiger partial charge in [-0.1, -0.05) is 117 Å². The molecule has 0 amide bonds. The Morgan fingerprint density at radius 2 is 0.853 bits per heavy atom. The number of hydrogen-bond donors (Lipinski definition) is 0. The van der Waals surface area contributed by atoms with Gasteiger partial charge in [0.15, 0.2) is 0 Å². The van der Waals surface area contributed by atoms with Crippen molar-refractivity contribution >= 4 is 0 Å². The van der Waals surface area contributed by atoms with Crippen LogP contribution in [0.1, 0.15) is 168 Å². The Kier molecular flexibility index (Phi) is 14.6. The highest BCUT2D eigenvalue weighted by Crippen LogP contribution is 2.41. The van der Waals surface area contributed by atoms with Crippen LogP contribution in [0.4, 0.5) is 0 Å². The van der Waals surface area contributed by atoms with Crippen molar-refractivity contribution in [2.45, 2.75) is 174 Å². The maximum Gasteiger partial charge on any atom is 0.0575 e. The molecule has 34 heavy (non-hydrogen) atoms. The molecule has 0 aromatic rings. The van der Waals surface area contributed by atoms with E-state index in [0.29, 0.717) is 6.10 Å². The topological polar surface area (TPSA) is 9.23 Å². The van der Waals surface area contributed by atoms with Gasteiger partial charge >= 0.3 is 0 Å². The molecule has 3 saturated carbocycles. The molecular formula is C33H62O. The Bertz CT molecular complexity index is 463. The molecule has 1 nitrogen and oxygen atoms in total. The van der Waals surface area contributed by atoms with Gasteiger partial charge in [-0.3, -0.25) is 0 Å². The van der Waals surface area contributed by atoms with Crippen molar-refractivity contribution in [3.8, 4) is 0 Å². The highest BCUT2D eigenvalue weighted by Gasteiger charge is 2.31. The summed E-state index contributed by atoms with van der Waals surface area (Å²) in [6.45, 7) is 5.69. The molecule has 0 unspecified atom stereocenters. The fraction of sp³-hybridized carbons (Fsp3) is 1.00. The number of rotatable bonds is 16. The summed E-state index contributed by atoms with van der Waals surface area (Å²) in [6, 6.07) is 0. The summed E-state index contributed by atoms with van der Waals surface area (Å²) in [5.74, 6) is 5.20. The van der Waals surface area contributed by atoms with Gasteiger partial charge in [0.2, 0.25) is 0 Å². The molecule has 0 atom stereocenters. The molecular weight excluding hydrogens is 412 g/mol. The van der Waals surface area contributed by atoms with Crippen LogP contribution in [0.25, 0.3) is 0 Å². The van der Waals surface area contributed by atoms with E-state index in [1.54, 1.807) is 0 Å². The molecule has 200 valence electrons. The second kappa shape index (κ2) is 17.4. The van der Waals surface area contributed by atoms with Crippen molar-refractivity contribution < 1.29 is 4.74 Å². The molecule has 0 radical (unpaired) electrons. The Balaban J connectivity index is 1.15. The maximum atomic E-state index is 6.39. The molecule has 3 aliphatic rings. The van der Waals surface area contributed by atoms with E-state index in [4.69, 9.17) is 4.74 Å². The minimum Gasteiger partial charge on any atom is -0.378 e. The van der Waals surface area contributed by atoms with Gasteiger partial charge in [-0.05, 0) is 81.0 Å². The average molecular weight is 475 g/mol. The normalized spacial score (nSPS) is 32.6. The third-order valence-corrected chi connectivity index (χ3v) is 10.3. The van der Waals surface area contributed by atoms with E-state index in [1.165, 1.54) is 154 Å². The van der Waals surface area contributed by atoms with Crippen LogP contribution in [0, 0.1) is 29.6 Å². The zero-order valence-electron chi connectivity index (χ0n) is 23.6. The minimum atomic E-state index is 0.588. The van der Waals surface area contributed by atoms with Crippen LogP contribution >= 0.6 is 0 Å². The molecule has 0 N–H and O–H groups in total. The molecule has 0 bridgehead atoms. The van der Waals surface area contributed by atoms with Gasteiger partial charge < -0.3 is 4.74 Å². The summed E-state index contributed by atoms with van der Waals surface area (Å²) >= 11 is 0. The van der Waals surface area contributed by atoms with Crippen LogP contribution in [0.15, 0.2) is 0 Å². The van der Waals surface area contributed by atoms with Crippen molar-refractivity contribution in [1.29, 1.82) is 0 Å². The van der Waals surface area contributed by atoms with Crippen LogP contribution in [0.3, 0.4) is 0 Å². The first-order valence-electron chi connectivity index (χ1n) is 16.4. The summed E-state index contributed by atoms with van der Waals surface area (Å²) in [4.78, 5) is 0. The SMILES string of the molecule is CCCCCCCC1CCC(CCCOC2CCC([C@H]3CC[C@H](CCCCC)CC3)CC2)CC1. The van der Waals surface area contributed by atoms with Crippen molar-refractivity contribution in [3.05, 3.63) is 0 Å². The highest BCUT2D eigenvalue weighted by molar-refractivity contribution is 4.82. The van der Waals surface area contributed by atoms with Gasteiger partial charge in [0.1, 0.15) is 0 Å². The van der Waals surface area contributed by atoms with E-state index in [1.807, 2.05) is 0 Å². The van der Waals surface area contributed by atoms with Crippen LogP contribution < -0.4 is 0 Å². The zero-order valence-corrected chi connectivity index (χ0v) is 23.6.